The van der Waals surface area contributed by atoms with Crippen LogP contribution in [0.25, 0.3) is 17.2 Å². The Kier molecular flexibility index (Phi) is 6.12. The highest BCUT2D eigenvalue weighted by Gasteiger charge is 2.01. The molecule has 0 aliphatic carbocycles. The van der Waals surface area contributed by atoms with Gasteiger partial charge in [0.25, 0.3) is 0 Å². The van der Waals surface area contributed by atoms with E-state index in [0.29, 0.717) is 6.54 Å². The van der Waals surface area contributed by atoms with Crippen LogP contribution in [0.1, 0.15) is 11.1 Å². The Bertz CT molecular complexity index is 959. The van der Waals surface area contributed by atoms with Crippen LogP contribution in [0.15, 0.2) is 78.9 Å². The monoisotopic (exact) mass is 372 g/mol. The molecule has 0 radical (unpaired) electrons. The van der Waals surface area contributed by atoms with Gasteiger partial charge in [-0.2, -0.15) is 0 Å². The number of carboxylic acid groups (broad SMARTS) is 1. The number of anilines is 2. The van der Waals surface area contributed by atoms with Crippen LogP contribution < -0.4 is 10.2 Å². The van der Waals surface area contributed by atoms with Gasteiger partial charge in [-0.05, 0) is 52.6 Å². The highest BCUT2D eigenvalue weighted by Crippen LogP contribution is 2.23. The fourth-order valence-electron chi connectivity index (χ4n) is 2.89. The van der Waals surface area contributed by atoms with Gasteiger partial charge in [-0.25, -0.2) is 4.79 Å². The Hall–Kier alpha value is -3.53. The van der Waals surface area contributed by atoms with E-state index in [4.69, 9.17) is 5.11 Å². The quantitative estimate of drug-likeness (QED) is 0.565. The molecule has 0 bridgehead atoms. The molecule has 3 aromatic rings. The lowest BCUT2D eigenvalue weighted by Gasteiger charge is -2.13. The van der Waals surface area contributed by atoms with Gasteiger partial charge in [-0.3, -0.25) is 0 Å². The number of rotatable bonds is 7. The Balaban J connectivity index is 1.63. The van der Waals surface area contributed by atoms with Crippen LogP contribution >= 0.6 is 0 Å². The zero-order chi connectivity index (χ0) is 19.9. The molecule has 2 N–H and O–H groups in total. The zero-order valence-corrected chi connectivity index (χ0v) is 16.1. The van der Waals surface area contributed by atoms with E-state index in [1.807, 2.05) is 38.4 Å². The summed E-state index contributed by atoms with van der Waals surface area (Å²) in [5, 5.41) is 12.1. The van der Waals surface area contributed by atoms with Crippen molar-refractivity contribution in [1.82, 2.24) is 0 Å². The van der Waals surface area contributed by atoms with E-state index in [0.717, 1.165) is 17.3 Å². The predicted molar refractivity (Wildman–Crippen MR) is 117 cm³/mol. The lowest BCUT2D eigenvalue weighted by Crippen LogP contribution is -2.07. The summed E-state index contributed by atoms with van der Waals surface area (Å²) in [6, 6.07) is 24.7. The smallest absolute Gasteiger partial charge is 0.328 e. The molecular weight excluding hydrogens is 348 g/mol. The molecule has 0 unspecified atom stereocenters. The first-order chi connectivity index (χ1) is 13.5. The second-order valence-electron chi connectivity index (χ2n) is 6.79. The average Bonchev–Trinajstić information content (AvgIpc) is 2.71. The van der Waals surface area contributed by atoms with Gasteiger partial charge in [0.1, 0.15) is 0 Å². The van der Waals surface area contributed by atoms with Crippen molar-refractivity contribution in [3.8, 4) is 11.1 Å². The second kappa shape index (κ2) is 8.91. The first-order valence-corrected chi connectivity index (χ1v) is 9.13. The van der Waals surface area contributed by atoms with Crippen LogP contribution in [0.2, 0.25) is 0 Å². The fourth-order valence-corrected chi connectivity index (χ4v) is 2.89. The number of nitrogens with one attached hydrogen (secondary N) is 1. The topological polar surface area (TPSA) is 52.6 Å². The van der Waals surface area contributed by atoms with Crippen LogP contribution in [0.5, 0.6) is 0 Å². The highest BCUT2D eigenvalue weighted by molar-refractivity contribution is 5.85. The van der Waals surface area contributed by atoms with Crippen LogP contribution in [0.4, 0.5) is 11.4 Å². The van der Waals surface area contributed by atoms with Crippen LogP contribution in [-0.4, -0.2) is 25.2 Å². The summed E-state index contributed by atoms with van der Waals surface area (Å²) in [7, 11) is 4.07. The first-order valence-electron chi connectivity index (χ1n) is 9.13. The third kappa shape index (κ3) is 5.24. The summed E-state index contributed by atoms with van der Waals surface area (Å²) < 4.78 is 0. The normalized spacial score (nSPS) is 10.8. The molecule has 28 heavy (non-hydrogen) atoms. The van der Waals surface area contributed by atoms with Gasteiger partial charge in [0.05, 0.1) is 0 Å². The van der Waals surface area contributed by atoms with E-state index >= 15 is 0 Å². The minimum Gasteiger partial charge on any atom is -0.478 e. The van der Waals surface area contributed by atoms with Crippen LogP contribution in [0, 0.1) is 0 Å². The molecule has 0 saturated heterocycles. The summed E-state index contributed by atoms with van der Waals surface area (Å²) in [6.45, 7) is 0.700. The first kappa shape index (κ1) is 19.2. The van der Waals surface area contributed by atoms with Gasteiger partial charge in [-0.1, -0.05) is 48.5 Å². The van der Waals surface area contributed by atoms with Crippen molar-refractivity contribution < 1.29 is 9.90 Å². The predicted octanol–water partition coefficient (Wildman–Crippen LogP) is 5.13. The molecule has 3 rings (SSSR count). The van der Waals surface area contributed by atoms with Gasteiger partial charge in [0.2, 0.25) is 0 Å². The lowest BCUT2D eigenvalue weighted by atomic mass is 10.0. The van der Waals surface area contributed by atoms with Gasteiger partial charge < -0.3 is 15.3 Å². The van der Waals surface area contributed by atoms with E-state index in [2.05, 4.69) is 58.7 Å². The fraction of sp³-hybridized carbons (Fsp3) is 0.125. The van der Waals surface area contributed by atoms with E-state index in [-0.39, 0.29) is 0 Å². The van der Waals surface area contributed by atoms with Crippen molar-refractivity contribution in [3.05, 3.63) is 90.0 Å². The molecule has 0 aromatic heterocycles. The standard InChI is InChI=1S/C24H24N2O2/c1-26(2)23-13-11-21(12-14-23)20-9-6-19(7-10-20)17-25-22-5-3-4-18(16-22)8-15-24(27)28/h3-16,25H,17H2,1-2H3,(H,27,28). The van der Waals surface area contributed by atoms with Gasteiger partial charge in [0.15, 0.2) is 0 Å². The number of aliphatic carboxylic acids is 1. The number of nitrogens with zero attached hydrogens (tertiary/aromatic N) is 1. The molecule has 142 valence electrons. The zero-order valence-electron chi connectivity index (χ0n) is 16.1. The maximum atomic E-state index is 10.6. The summed E-state index contributed by atoms with van der Waals surface area (Å²) >= 11 is 0. The van der Waals surface area contributed by atoms with Crippen molar-refractivity contribution in [3.63, 3.8) is 0 Å². The number of hydrogen-bond acceptors (Lipinski definition) is 3. The Morgan fingerprint density at radius 1 is 0.964 bits per heavy atom. The van der Waals surface area contributed by atoms with Crippen molar-refractivity contribution in [2.24, 2.45) is 0 Å². The molecule has 0 amide bonds. The summed E-state index contributed by atoms with van der Waals surface area (Å²) in [5.74, 6) is -0.949. The van der Waals surface area contributed by atoms with Crippen molar-refractivity contribution in [2.75, 3.05) is 24.3 Å². The van der Waals surface area contributed by atoms with E-state index < -0.39 is 5.97 Å². The van der Waals surface area contributed by atoms with E-state index in [1.54, 1.807) is 6.08 Å². The molecule has 0 aliphatic heterocycles. The molecule has 4 heteroatoms. The van der Waals surface area contributed by atoms with Gasteiger partial charge in [-0.15, -0.1) is 0 Å². The lowest BCUT2D eigenvalue weighted by molar-refractivity contribution is -0.131. The summed E-state index contributed by atoms with van der Waals surface area (Å²) in [4.78, 5) is 12.7. The van der Waals surface area contributed by atoms with Gasteiger partial charge >= 0.3 is 5.97 Å². The SMILES string of the molecule is CN(C)c1ccc(-c2ccc(CNc3cccc(C=CC(=O)O)c3)cc2)cc1. The minimum absolute atomic E-state index is 0.700. The van der Waals surface area contributed by atoms with Crippen molar-refractivity contribution >= 4 is 23.4 Å². The maximum Gasteiger partial charge on any atom is 0.328 e. The minimum atomic E-state index is -0.949. The number of benzene rings is 3. The third-order valence-electron chi connectivity index (χ3n) is 4.47. The van der Waals surface area contributed by atoms with E-state index in [1.165, 1.54) is 22.4 Å². The Morgan fingerprint density at radius 2 is 1.61 bits per heavy atom. The molecule has 3 aromatic carbocycles. The Morgan fingerprint density at radius 3 is 2.21 bits per heavy atom. The maximum absolute atomic E-state index is 10.6. The van der Waals surface area contributed by atoms with Crippen LogP contribution in [-0.2, 0) is 11.3 Å². The molecule has 0 atom stereocenters. The molecule has 0 heterocycles. The number of carbonyl (C=O) groups is 1. The number of hydrogen-bond donors (Lipinski definition) is 2. The molecule has 0 spiro atoms. The molecule has 0 saturated carbocycles. The van der Waals surface area contributed by atoms with Crippen LogP contribution in [0.3, 0.4) is 0 Å². The molecule has 0 aliphatic rings. The highest BCUT2D eigenvalue weighted by atomic mass is 16.4. The molecule has 0 fully saturated rings. The molecular formula is C24H24N2O2. The summed E-state index contributed by atoms with van der Waals surface area (Å²) in [6.07, 6.45) is 2.73. The largest absolute Gasteiger partial charge is 0.478 e. The van der Waals surface area contributed by atoms with Crippen molar-refractivity contribution in [1.29, 1.82) is 0 Å². The summed E-state index contributed by atoms with van der Waals surface area (Å²) in [5.41, 5.74) is 6.56. The van der Waals surface area contributed by atoms with Crippen molar-refractivity contribution in [2.45, 2.75) is 6.54 Å². The van der Waals surface area contributed by atoms with Gasteiger partial charge in [0, 0.05) is 38.1 Å². The average molecular weight is 372 g/mol. The number of carboxylic acids is 1. The van der Waals surface area contributed by atoms with E-state index in [9.17, 15) is 4.79 Å². The third-order valence-corrected chi connectivity index (χ3v) is 4.47. The molecule has 4 nitrogen and oxygen atoms in total. The second-order valence-corrected chi connectivity index (χ2v) is 6.79. The Labute approximate surface area is 165 Å².